The molecule has 2 heterocycles. The molecule has 0 spiro atoms. The minimum Gasteiger partial charge on any atom is -0.451 e. The number of amides is 1. The number of hydrogen-bond donors (Lipinski definition) is 1. The molecule has 0 atom stereocenters. The maximum absolute atomic E-state index is 12.5. The molecule has 28 heavy (non-hydrogen) atoms. The molecule has 4 rings (SSSR count). The topological polar surface area (TPSA) is 72.5 Å². The highest BCUT2D eigenvalue weighted by Crippen LogP contribution is 2.24. The van der Waals surface area contributed by atoms with Gasteiger partial charge in [0.1, 0.15) is 11.2 Å². The first-order chi connectivity index (χ1) is 13.5. The Morgan fingerprint density at radius 1 is 1.04 bits per heavy atom. The number of hydrogen-bond acceptors (Lipinski definition) is 4. The second-order valence-electron chi connectivity index (χ2n) is 6.65. The van der Waals surface area contributed by atoms with Crippen LogP contribution in [0.25, 0.3) is 21.9 Å². The average Bonchev–Trinajstić information content (AvgIpc) is 3.09. The molecule has 2 aromatic heterocycles. The smallest absolute Gasteiger partial charge is 0.336 e. The molecule has 0 unspecified atom stereocenters. The summed E-state index contributed by atoms with van der Waals surface area (Å²) < 4.78 is 11.8. The Labute approximate surface area is 169 Å². The van der Waals surface area contributed by atoms with Gasteiger partial charge in [-0.15, -0.1) is 0 Å². The number of nitrogens with one attached hydrogen (secondary N) is 1. The van der Waals surface area contributed by atoms with E-state index in [0.29, 0.717) is 11.2 Å². The largest absolute Gasteiger partial charge is 0.451 e. The highest BCUT2D eigenvalue weighted by Gasteiger charge is 2.14. The molecule has 0 aliphatic rings. The van der Waals surface area contributed by atoms with Crippen LogP contribution in [0.15, 0.2) is 66.6 Å². The summed E-state index contributed by atoms with van der Waals surface area (Å²) in [5.41, 5.74) is 2.61. The Hall–Kier alpha value is -2.86. The van der Waals surface area contributed by atoms with Gasteiger partial charge in [0.15, 0.2) is 5.76 Å². The van der Waals surface area contributed by atoms with Crippen LogP contribution in [0.5, 0.6) is 0 Å². The van der Waals surface area contributed by atoms with Crippen molar-refractivity contribution >= 4 is 43.8 Å². The van der Waals surface area contributed by atoms with E-state index in [-0.39, 0.29) is 18.2 Å². The van der Waals surface area contributed by atoms with Crippen molar-refractivity contribution < 1.29 is 13.6 Å². The number of aryl methyl sites for hydroxylation is 1. The summed E-state index contributed by atoms with van der Waals surface area (Å²) in [4.78, 5) is 24.4. The predicted molar refractivity (Wildman–Crippen MR) is 112 cm³/mol. The van der Waals surface area contributed by atoms with Gasteiger partial charge in [0, 0.05) is 27.9 Å². The standard InChI is InChI=1S/C22H18BrNO4/c1-2-3-13-4-6-19-17(8-13)15(11-21(25)28-19)12-24-22(26)20-10-14-9-16(23)5-7-18(14)27-20/h4-11H,2-3,12H2,1H3,(H,24,26). The summed E-state index contributed by atoms with van der Waals surface area (Å²) in [7, 11) is 0. The Morgan fingerprint density at radius 2 is 1.86 bits per heavy atom. The maximum atomic E-state index is 12.5. The minimum absolute atomic E-state index is 0.206. The third-order valence-corrected chi connectivity index (χ3v) is 5.07. The van der Waals surface area contributed by atoms with Crippen LogP contribution in [-0.2, 0) is 13.0 Å². The lowest BCUT2D eigenvalue weighted by Gasteiger charge is -2.08. The summed E-state index contributed by atoms with van der Waals surface area (Å²) in [6.07, 6.45) is 1.96. The van der Waals surface area contributed by atoms with Gasteiger partial charge in [-0.1, -0.05) is 35.3 Å². The first kappa shape index (κ1) is 18.5. The van der Waals surface area contributed by atoms with Crippen LogP contribution in [0.2, 0.25) is 0 Å². The highest BCUT2D eigenvalue weighted by atomic mass is 79.9. The Bertz CT molecular complexity index is 1240. The number of furan rings is 1. The van der Waals surface area contributed by atoms with Crippen molar-refractivity contribution in [1.29, 1.82) is 0 Å². The van der Waals surface area contributed by atoms with Gasteiger partial charge in [-0.2, -0.15) is 0 Å². The van der Waals surface area contributed by atoms with E-state index < -0.39 is 5.63 Å². The van der Waals surface area contributed by atoms with Crippen LogP contribution in [0.3, 0.4) is 0 Å². The monoisotopic (exact) mass is 439 g/mol. The molecule has 1 amide bonds. The molecule has 0 saturated carbocycles. The van der Waals surface area contributed by atoms with Crippen LogP contribution in [0, 0.1) is 0 Å². The van der Waals surface area contributed by atoms with E-state index in [1.54, 1.807) is 12.1 Å². The lowest BCUT2D eigenvalue weighted by molar-refractivity contribution is 0.0925. The number of fused-ring (bicyclic) bond motifs is 2. The summed E-state index contributed by atoms with van der Waals surface area (Å²) in [6.45, 7) is 2.32. The molecular weight excluding hydrogens is 422 g/mol. The van der Waals surface area contributed by atoms with Crippen molar-refractivity contribution in [2.45, 2.75) is 26.3 Å². The molecule has 1 N–H and O–H groups in total. The second kappa shape index (κ2) is 7.64. The maximum Gasteiger partial charge on any atom is 0.336 e. The molecule has 6 heteroatoms. The molecule has 0 aliphatic heterocycles. The quantitative estimate of drug-likeness (QED) is 0.434. The molecule has 5 nitrogen and oxygen atoms in total. The zero-order valence-electron chi connectivity index (χ0n) is 15.3. The highest BCUT2D eigenvalue weighted by molar-refractivity contribution is 9.10. The van der Waals surface area contributed by atoms with Crippen molar-refractivity contribution in [1.82, 2.24) is 5.32 Å². The molecular formula is C22H18BrNO4. The first-order valence-corrected chi connectivity index (χ1v) is 9.86. The lowest BCUT2D eigenvalue weighted by atomic mass is 10.0. The van der Waals surface area contributed by atoms with Crippen LogP contribution < -0.4 is 10.9 Å². The molecule has 142 valence electrons. The Balaban J connectivity index is 1.60. The van der Waals surface area contributed by atoms with Gasteiger partial charge in [0.25, 0.3) is 5.91 Å². The van der Waals surface area contributed by atoms with Crippen LogP contribution in [0.1, 0.15) is 35.0 Å². The van der Waals surface area contributed by atoms with Crippen molar-refractivity contribution in [2.75, 3.05) is 0 Å². The third kappa shape index (κ3) is 3.73. The summed E-state index contributed by atoms with van der Waals surface area (Å²) >= 11 is 3.41. The van der Waals surface area contributed by atoms with Crippen LogP contribution in [0.4, 0.5) is 0 Å². The predicted octanol–water partition coefficient (Wildman–Crippen LogP) is 5.18. The van der Waals surface area contributed by atoms with Crippen LogP contribution in [-0.4, -0.2) is 5.91 Å². The van der Waals surface area contributed by atoms with Gasteiger partial charge in [-0.05, 0) is 53.9 Å². The normalized spacial score (nSPS) is 11.2. The van der Waals surface area contributed by atoms with Crippen molar-refractivity contribution in [3.8, 4) is 0 Å². The zero-order valence-corrected chi connectivity index (χ0v) is 16.8. The van der Waals surface area contributed by atoms with E-state index in [4.69, 9.17) is 8.83 Å². The van der Waals surface area contributed by atoms with Gasteiger partial charge in [-0.3, -0.25) is 4.79 Å². The fraction of sp³-hybridized carbons (Fsp3) is 0.182. The summed E-state index contributed by atoms with van der Waals surface area (Å²) in [6, 6.07) is 14.5. The second-order valence-corrected chi connectivity index (χ2v) is 7.56. The Morgan fingerprint density at radius 3 is 2.68 bits per heavy atom. The number of halogens is 1. The zero-order chi connectivity index (χ0) is 19.7. The van der Waals surface area contributed by atoms with Gasteiger partial charge in [0.05, 0.1) is 0 Å². The average molecular weight is 440 g/mol. The van der Waals surface area contributed by atoms with Gasteiger partial charge in [-0.25, -0.2) is 4.79 Å². The number of benzene rings is 2. The number of rotatable bonds is 5. The lowest BCUT2D eigenvalue weighted by Crippen LogP contribution is -2.23. The molecule has 0 radical (unpaired) electrons. The third-order valence-electron chi connectivity index (χ3n) is 4.57. The van der Waals surface area contributed by atoms with Crippen molar-refractivity contribution in [2.24, 2.45) is 0 Å². The number of carbonyl (C=O) groups excluding carboxylic acids is 1. The molecule has 0 saturated heterocycles. The number of carbonyl (C=O) groups is 1. The van der Waals surface area contributed by atoms with Crippen LogP contribution >= 0.6 is 15.9 Å². The van der Waals surface area contributed by atoms with E-state index in [1.807, 2.05) is 30.3 Å². The molecule has 0 fully saturated rings. The molecule has 2 aromatic carbocycles. The molecule has 0 aliphatic carbocycles. The van der Waals surface area contributed by atoms with Gasteiger partial charge >= 0.3 is 5.63 Å². The Kier molecular flexibility index (Phi) is 5.05. The van der Waals surface area contributed by atoms with E-state index in [1.165, 1.54) is 11.6 Å². The van der Waals surface area contributed by atoms with Gasteiger partial charge < -0.3 is 14.2 Å². The summed E-state index contributed by atoms with van der Waals surface area (Å²) in [5, 5.41) is 4.51. The fourth-order valence-electron chi connectivity index (χ4n) is 3.25. The van der Waals surface area contributed by atoms with E-state index in [2.05, 4.69) is 28.2 Å². The van der Waals surface area contributed by atoms with Gasteiger partial charge in [0.2, 0.25) is 0 Å². The SMILES string of the molecule is CCCc1ccc2oc(=O)cc(CNC(=O)c3cc4cc(Br)ccc4o3)c2c1. The van der Waals surface area contributed by atoms with Crippen molar-refractivity contribution in [3.05, 3.63) is 80.3 Å². The van der Waals surface area contributed by atoms with E-state index >= 15 is 0 Å². The minimum atomic E-state index is -0.437. The molecule has 4 aromatic rings. The first-order valence-electron chi connectivity index (χ1n) is 9.06. The fourth-order valence-corrected chi connectivity index (χ4v) is 3.63. The van der Waals surface area contributed by atoms with E-state index in [0.717, 1.165) is 33.7 Å². The van der Waals surface area contributed by atoms with Crippen molar-refractivity contribution in [3.63, 3.8) is 0 Å². The van der Waals surface area contributed by atoms with E-state index in [9.17, 15) is 9.59 Å². The molecule has 0 bridgehead atoms. The summed E-state index contributed by atoms with van der Waals surface area (Å²) in [5.74, 6) is -0.106.